The van der Waals surface area contributed by atoms with Crippen molar-refractivity contribution >= 4 is 30.2 Å². The minimum atomic E-state index is -2.73. The lowest BCUT2D eigenvalue weighted by Gasteiger charge is -2.48. The molecular weight excluding hydrogens is 436 g/mol. The van der Waals surface area contributed by atoms with Crippen LogP contribution < -0.4 is 21.6 Å². The van der Waals surface area contributed by atoms with Gasteiger partial charge in [-0.3, -0.25) is 14.3 Å². The van der Waals surface area contributed by atoms with Crippen molar-refractivity contribution in [3.05, 3.63) is 106 Å². The molecule has 0 spiro atoms. The molecule has 1 aromatic heterocycles. The Kier molecular flexibility index (Phi) is 6.16. The zero-order valence-corrected chi connectivity index (χ0v) is 20.3. The normalized spacial score (nSPS) is 19.8. The number of H-pyrrole nitrogens is 1. The molecule has 7 heteroatoms. The molecule has 1 unspecified atom stereocenters. The molecule has 1 aliphatic heterocycles. The van der Waals surface area contributed by atoms with Crippen LogP contribution in [-0.4, -0.2) is 33.7 Å². The third kappa shape index (κ3) is 3.85. The van der Waals surface area contributed by atoms with Crippen molar-refractivity contribution in [3.63, 3.8) is 0 Å². The minimum absolute atomic E-state index is 0.184. The van der Waals surface area contributed by atoms with Crippen LogP contribution >= 0.6 is 11.8 Å². The molecule has 2 heterocycles. The molecule has 0 saturated heterocycles. The Morgan fingerprint density at radius 3 is 2.00 bits per heavy atom. The van der Waals surface area contributed by atoms with Crippen LogP contribution in [0.2, 0.25) is 5.04 Å². The summed E-state index contributed by atoms with van der Waals surface area (Å²) in [6.07, 6.45) is 5.47. The summed E-state index contributed by atoms with van der Waals surface area (Å²) in [7, 11) is -2.73. The highest BCUT2D eigenvalue weighted by Gasteiger charge is 2.55. The monoisotopic (exact) mass is 464 g/mol. The molecule has 0 aliphatic carbocycles. The van der Waals surface area contributed by atoms with Crippen molar-refractivity contribution < 1.29 is 5.11 Å². The number of aliphatic hydroxyl groups excluding tert-OH is 1. The third-order valence-corrected chi connectivity index (χ3v) is 14.0. The van der Waals surface area contributed by atoms with Gasteiger partial charge in [0.1, 0.15) is 5.37 Å². The fourth-order valence-electron chi connectivity index (χ4n) is 4.89. The van der Waals surface area contributed by atoms with Gasteiger partial charge in [-0.05, 0) is 5.04 Å². The summed E-state index contributed by atoms with van der Waals surface area (Å²) in [6, 6.07) is 22.1. The molecule has 2 aromatic carbocycles. The number of aromatic amines is 1. The van der Waals surface area contributed by atoms with Crippen LogP contribution in [0.1, 0.15) is 26.1 Å². The standard InChI is InChI=1S/C25H28N2O3SSi/c1-25(2,3)32(18-10-6-4-7-11-18,19-12-8-5-9-13-19)23(29)20-14-15-22(31-20)27-17-16-21(28)26-24(27)30/h4-17,20,22-23,29H,1-3H3,(H,26,28,30)/t20-,22+,23?/m0/s1. The van der Waals surface area contributed by atoms with E-state index in [1.54, 1.807) is 0 Å². The lowest BCUT2D eigenvalue weighted by atomic mass is 10.2. The van der Waals surface area contributed by atoms with E-state index in [-0.39, 0.29) is 15.7 Å². The maximum absolute atomic E-state index is 12.3. The van der Waals surface area contributed by atoms with Crippen LogP contribution in [-0.2, 0) is 0 Å². The Morgan fingerprint density at radius 2 is 1.50 bits per heavy atom. The van der Waals surface area contributed by atoms with E-state index in [4.69, 9.17) is 0 Å². The zero-order valence-electron chi connectivity index (χ0n) is 18.4. The largest absolute Gasteiger partial charge is 0.394 e. The lowest BCUT2D eigenvalue weighted by Crippen LogP contribution is -2.73. The molecule has 3 aromatic rings. The molecule has 0 radical (unpaired) electrons. The van der Waals surface area contributed by atoms with Crippen LogP contribution in [0.3, 0.4) is 0 Å². The summed E-state index contributed by atoms with van der Waals surface area (Å²) >= 11 is 1.54. The molecule has 2 N–H and O–H groups in total. The van der Waals surface area contributed by atoms with Crippen LogP contribution in [0.15, 0.2) is 94.7 Å². The van der Waals surface area contributed by atoms with E-state index in [0.717, 1.165) is 0 Å². The fraction of sp³-hybridized carbons (Fsp3) is 0.280. The van der Waals surface area contributed by atoms with Gasteiger partial charge >= 0.3 is 5.69 Å². The van der Waals surface area contributed by atoms with E-state index in [9.17, 15) is 14.7 Å². The summed E-state index contributed by atoms with van der Waals surface area (Å²) in [5.74, 6) is 0. The number of hydrogen-bond donors (Lipinski definition) is 2. The molecular formula is C25H28N2O3SSi. The van der Waals surface area contributed by atoms with Gasteiger partial charge < -0.3 is 5.11 Å². The van der Waals surface area contributed by atoms with Crippen molar-refractivity contribution in [2.24, 2.45) is 0 Å². The molecule has 166 valence electrons. The third-order valence-electron chi connectivity index (χ3n) is 6.28. The Morgan fingerprint density at radius 1 is 0.938 bits per heavy atom. The lowest BCUT2D eigenvalue weighted by molar-refractivity contribution is 0.249. The first-order valence-electron chi connectivity index (χ1n) is 10.7. The highest BCUT2D eigenvalue weighted by atomic mass is 32.2. The maximum atomic E-state index is 12.3. The Labute approximate surface area is 192 Å². The number of aliphatic hydroxyl groups is 1. The van der Waals surface area contributed by atoms with Gasteiger partial charge in [-0.25, -0.2) is 4.79 Å². The van der Waals surface area contributed by atoms with Crippen LogP contribution in [0.25, 0.3) is 0 Å². The second-order valence-corrected chi connectivity index (χ2v) is 15.3. The fourth-order valence-corrected chi connectivity index (χ4v) is 12.5. The molecule has 4 rings (SSSR count). The van der Waals surface area contributed by atoms with Crippen LogP contribution in [0.4, 0.5) is 0 Å². The number of nitrogens with one attached hydrogen (secondary N) is 1. The number of nitrogens with zero attached hydrogens (tertiary/aromatic N) is 1. The van der Waals surface area contributed by atoms with Gasteiger partial charge in [-0.15, -0.1) is 11.8 Å². The zero-order chi connectivity index (χ0) is 22.9. The summed E-state index contributed by atoms with van der Waals surface area (Å²) in [6.45, 7) is 6.65. The Hall–Kier alpha value is -2.61. The van der Waals surface area contributed by atoms with Gasteiger partial charge in [0.05, 0.1) is 5.73 Å². The number of benzene rings is 2. The van der Waals surface area contributed by atoms with Gasteiger partial charge in [0.25, 0.3) is 5.56 Å². The summed E-state index contributed by atoms with van der Waals surface area (Å²) in [5, 5.41) is 13.8. The summed E-state index contributed by atoms with van der Waals surface area (Å²) in [4.78, 5) is 26.1. The van der Waals surface area contributed by atoms with Crippen LogP contribution in [0.5, 0.6) is 0 Å². The molecule has 0 bridgehead atoms. The minimum Gasteiger partial charge on any atom is -0.394 e. The van der Waals surface area contributed by atoms with Crippen molar-refractivity contribution in [1.82, 2.24) is 9.55 Å². The molecule has 32 heavy (non-hydrogen) atoms. The van der Waals surface area contributed by atoms with Crippen molar-refractivity contribution in [3.8, 4) is 0 Å². The van der Waals surface area contributed by atoms with E-state index < -0.39 is 25.1 Å². The van der Waals surface area contributed by atoms with Crippen molar-refractivity contribution in [1.29, 1.82) is 0 Å². The predicted octanol–water partition coefficient (Wildman–Crippen LogP) is 2.67. The van der Waals surface area contributed by atoms with Gasteiger partial charge in [-0.1, -0.05) is 104 Å². The van der Waals surface area contributed by atoms with Gasteiger partial charge in [-0.2, -0.15) is 0 Å². The number of hydrogen-bond acceptors (Lipinski definition) is 4. The highest BCUT2D eigenvalue weighted by molar-refractivity contribution is 8.00. The Bertz CT molecular complexity index is 1180. The molecule has 3 atom stereocenters. The quantitative estimate of drug-likeness (QED) is 0.450. The van der Waals surface area contributed by atoms with E-state index in [1.807, 2.05) is 48.6 Å². The molecule has 0 amide bonds. The average molecular weight is 465 g/mol. The second-order valence-electron chi connectivity index (χ2n) is 9.13. The molecule has 1 aliphatic rings. The molecule has 0 fully saturated rings. The first-order valence-corrected chi connectivity index (χ1v) is 13.7. The van der Waals surface area contributed by atoms with E-state index >= 15 is 0 Å². The predicted molar refractivity (Wildman–Crippen MR) is 135 cm³/mol. The first-order chi connectivity index (χ1) is 15.2. The van der Waals surface area contributed by atoms with E-state index in [1.165, 1.54) is 39.0 Å². The van der Waals surface area contributed by atoms with Crippen LogP contribution in [0, 0.1) is 0 Å². The smallest absolute Gasteiger partial charge is 0.329 e. The topological polar surface area (TPSA) is 75.1 Å². The Balaban J connectivity index is 1.80. The average Bonchev–Trinajstić information content (AvgIpc) is 3.24. The van der Waals surface area contributed by atoms with Crippen molar-refractivity contribution in [2.45, 2.75) is 42.2 Å². The SMILES string of the molecule is CC(C)(C)[Si](c1ccccc1)(c1ccccc1)C(O)[C@@H]1C=C[C@H](n2ccc(=O)[nH]c2=O)S1. The van der Waals surface area contributed by atoms with Gasteiger partial charge in [0, 0.05) is 17.5 Å². The molecule has 0 saturated carbocycles. The second kappa shape index (κ2) is 8.73. The number of aromatic nitrogens is 2. The van der Waals surface area contributed by atoms with E-state index in [2.05, 4.69) is 50.0 Å². The van der Waals surface area contributed by atoms with Crippen molar-refractivity contribution in [2.75, 3.05) is 0 Å². The van der Waals surface area contributed by atoms with E-state index in [0.29, 0.717) is 0 Å². The molecule has 5 nitrogen and oxygen atoms in total. The highest BCUT2D eigenvalue weighted by Crippen LogP contribution is 2.44. The summed E-state index contributed by atoms with van der Waals surface area (Å²) in [5.41, 5.74) is -1.49. The number of thioether (sulfide) groups is 1. The number of rotatable bonds is 5. The first kappa shape index (κ1) is 22.6. The maximum Gasteiger partial charge on any atom is 0.329 e. The summed E-state index contributed by atoms with van der Waals surface area (Å²) < 4.78 is 1.50. The van der Waals surface area contributed by atoms with Gasteiger partial charge in [0.2, 0.25) is 0 Å². The van der Waals surface area contributed by atoms with Gasteiger partial charge in [0.15, 0.2) is 8.07 Å².